The number of hydrogen-bond acceptors (Lipinski definition) is 1. The largest absolute Gasteiger partial charge is 0.335 e. The van der Waals surface area contributed by atoms with Gasteiger partial charge in [-0.2, -0.15) is 0 Å². The van der Waals surface area contributed by atoms with E-state index in [0.29, 0.717) is 11.4 Å². The minimum absolute atomic E-state index is 0.0438. The van der Waals surface area contributed by atoms with Crippen molar-refractivity contribution in [3.05, 3.63) is 32.7 Å². The van der Waals surface area contributed by atoms with Crippen LogP contribution in [0.25, 0.3) is 0 Å². The molecule has 0 heterocycles. The average Bonchev–Trinajstić information content (AvgIpc) is 2.25. The molecule has 0 radical (unpaired) electrons. The van der Waals surface area contributed by atoms with Crippen molar-refractivity contribution in [1.29, 1.82) is 0 Å². The fourth-order valence-electron chi connectivity index (χ4n) is 1.24. The average molecular weight is 384 g/mol. The molecule has 0 saturated heterocycles. The number of carbonyl (C=O) groups is 1. The highest BCUT2D eigenvalue weighted by molar-refractivity contribution is 9.11. The molecule has 0 aliphatic rings. The molecule has 1 aromatic rings. The van der Waals surface area contributed by atoms with Gasteiger partial charge in [0.05, 0.1) is 5.54 Å². The number of carbonyl (C=O) groups excluding carboxylic acids is 1. The Morgan fingerprint density at radius 2 is 1.76 bits per heavy atom. The lowest BCUT2D eigenvalue weighted by Crippen LogP contribution is -2.46. The smallest absolute Gasteiger partial charge is 0.254 e. The van der Waals surface area contributed by atoms with Crippen LogP contribution in [0.2, 0.25) is 0 Å². The van der Waals surface area contributed by atoms with E-state index in [0.717, 1.165) is 8.95 Å². The van der Waals surface area contributed by atoms with Gasteiger partial charge < -0.3 is 4.90 Å². The molecule has 1 aromatic carbocycles. The van der Waals surface area contributed by atoms with Crippen molar-refractivity contribution in [1.82, 2.24) is 4.90 Å². The van der Waals surface area contributed by atoms with Gasteiger partial charge in [-0.05, 0) is 32.0 Å². The van der Waals surface area contributed by atoms with Gasteiger partial charge in [-0.15, -0.1) is 11.6 Å². The van der Waals surface area contributed by atoms with E-state index in [4.69, 9.17) is 11.6 Å². The highest BCUT2D eigenvalue weighted by Crippen LogP contribution is 2.23. The van der Waals surface area contributed by atoms with Crippen LogP contribution >= 0.6 is 43.5 Å². The van der Waals surface area contributed by atoms with Gasteiger partial charge in [-0.1, -0.05) is 31.9 Å². The molecular formula is C12H14Br2ClNO. The number of amides is 1. The Morgan fingerprint density at radius 3 is 2.18 bits per heavy atom. The van der Waals surface area contributed by atoms with Crippen LogP contribution in [0.4, 0.5) is 0 Å². The summed E-state index contributed by atoms with van der Waals surface area (Å²) in [6.07, 6.45) is 0. The van der Waals surface area contributed by atoms with E-state index in [2.05, 4.69) is 31.9 Å². The van der Waals surface area contributed by atoms with Gasteiger partial charge in [-0.25, -0.2) is 0 Å². The van der Waals surface area contributed by atoms with Gasteiger partial charge in [-0.3, -0.25) is 4.79 Å². The minimum Gasteiger partial charge on any atom is -0.335 e. The summed E-state index contributed by atoms with van der Waals surface area (Å²) in [5, 5.41) is 0. The Balaban J connectivity index is 3.04. The predicted molar refractivity (Wildman–Crippen MR) is 78.7 cm³/mol. The van der Waals surface area contributed by atoms with Gasteiger partial charge >= 0.3 is 0 Å². The molecule has 94 valence electrons. The molecule has 2 nitrogen and oxygen atoms in total. The molecule has 17 heavy (non-hydrogen) atoms. The number of halogens is 3. The molecule has 0 fully saturated rings. The Kier molecular flexibility index (Phi) is 5.05. The normalized spacial score (nSPS) is 11.4. The lowest BCUT2D eigenvalue weighted by molar-refractivity contribution is 0.0660. The maximum Gasteiger partial charge on any atom is 0.254 e. The molecule has 0 unspecified atom stereocenters. The van der Waals surface area contributed by atoms with E-state index in [-0.39, 0.29) is 11.4 Å². The molecule has 0 aliphatic heterocycles. The van der Waals surface area contributed by atoms with Gasteiger partial charge in [0.1, 0.15) is 0 Å². The second-order valence-electron chi connectivity index (χ2n) is 4.47. The zero-order valence-electron chi connectivity index (χ0n) is 9.93. The maximum atomic E-state index is 12.3. The summed E-state index contributed by atoms with van der Waals surface area (Å²) < 4.78 is 1.74. The summed E-state index contributed by atoms with van der Waals surface area (Å²) >= 11 is 12.6. The molecule has 1 amide bonds. The standard InChI is InChI=1S/C12H14Br2ClNO/c1-12(2,7-15)16(3)11(17)8-4-9(13)6-10(14)5-8/h4-6H,7H2,1-3H3. The number of hydrogen-bond donors (Lipinski definition) is 0. The quantitative estimate of drug-likeness (QED) is 0.713. The molecule has 0 aliphatic carbocycles. The molecule has 0 saturated carbocycles. The number of benzene rings is 1. The Hall–Kier alpha value is -0.0600. The Morgan fingerprint density at radius 1 is 1.29 bits per heavy atom. The van der Waals surface area contributed by atoms with Crippen LogP contribution < -0.4 is 0 Å². The highest BCUT2D eigenvalue weighted by Gasteiger charge is 2.27. The summed E-state index contributed by atoms with van der Waals surface area (Å²) in [5.74, 6) is 0.349. The van der Waals surface area contributed by atoms with E-state index in [1.807, 2.05) is 19.9 Å². The maximum absolute atomic E-state index is 12.3. The summed E-state index contributed by atoms with van der Waals surface area (Å²) in [6, 6.07) is 5.49. The lowest BCUT2D eigenvalue weighted by Gasteiger charge is -2.34. The fraction of sp³-hybridized carbons (Fsp3) is 0.417. The van der Waals surface area contributed by atoms with Crippen LogP contribution in [0.3, 0.4) is 0 Å². The topological polar surface area (TPSA) is 20.3 Å². The predicted octanol–water partition coefficient (Wildman–Crippen LogP) is 4.30. The van der Waals surface area contributed by atoms with E-state index >= 15 is 0 Å². The summed E-state index contributed by atoms with van der Waals surface area (Å²) in [4.78, 5) is 13.9. The molecular weight excluding hydrogens is 369 g/mol. The first kappa shape index (κ1) is 15.0. The molecule has 0 aromatic heterocycles. The van der Waals surface area contributed by atoms with Crippen molar-refractivity contribution in [3.8, 4) is 0 Å². The van der Waals surface area contributed by atoms with Crippen molar-refractivity contribution >= 4 is 49.4 Å². The Labute approximate surface area is 124 Å². The van der Waals surface area contributed by atoms with Crippen molar-refractivity contribution in [2.45, 2.75) is 19.4 Å². The van der Waals surface area contributed by atoms with Gasteiger partial charge in [0.25, 0.3) is 5.91 Å². The van der Waals surface area contributed by atoms with Crippen LogP contribution in [0.15, 0.2) is 27.1 Å². The van der Waals surface area contributed by atoms with Crippen molar-refractivity contribution in [3.63, 3.8) is 0 Å². The second-order valence-corrected chi connectivity index (χ2v) is 6.57. The summed E-state index contributed by atoms with van der Waals surface area (Å²) in [6.45, 7) is 3.87. The number of nitrogens with zero attached hydrogens (tertiary/aromatic N) is 1. The van der Waals surface area contributed by atoms with E-state index in [9.17, 15) is 4.79 Å². The van der Waals surface area contributed by atoms with E-state index in [1.54, 1.807) is 24.1 Å². The third-order valence-electron chi connectivity index (χ3n) is 2.65. The van der Waals surface area contributed by atoms with Crippen LogP contribution in [0.1, 0.15) is 24.2 Å². The van der Waals surface area contributed by atoms with Crippen LogP contribution in [-0.2, 0) is 0 Å². The number of rotatable bonds is 3. The monoisotopic (exact) mass is 381 g/mol. The van der Waals surface area contributed by atoms with Crippen molar-refractivity contribution < 1.29 is 4.79 Å². The number of alkyl halides is 1. The van der Waals surface area contributed by atoms with Gasteiger partial charge in [0, 0.05) is 27.4 Å². The van der Waals surface area contributed by atoms with Gasteiger partial charge in [0.15, 0.2) is 0 Å². The molecule has 0 spiro atoms. The first-order valence-electron chi connectivity index (χ1n) is 5.08. The fourth-order valence-corrected chi connectivity index (χ4v) is 2.71. The van der Waals surface area contributed by atoms with Gasteiger partial charge in [0.2, 0.25) is 0 Å². The second kappa shape index (κ2) is 5.72. The minimum atomic E-state index is -0.368. The molecule has 0 N–H and O–H groups in total. The molecule has 0 atom stereocenters. The third-order valence-corrected chi connectivity index (χ3v) is 4.22. The van der Waals surface area contributed by atoms with E-state index < -0.39 is 0 Å². The third kappa shape index (κ3) is 3.70. The van der Waals surface area contributed by atoms with Crippen LogP contribution in [-0.4, -0.2) is 29.3 Å². The van der Waals surface area contributed by atoms with Crippen molar-refractivity contribution in [2.24, 2.45) is 0 Å². The zero-order chi connectivity index (χ0) is 13.2. The highest BCUT2D eigenvalue weighted by atomic mass is 79.9. The van der Waals surface area contributed by atoms with Crippen LogP contribution in [0.5, 0.6) is 0 Å². The van der Waals surface area contributed by atoms with Crippen molar-refractivity contribution in [2.75, 3.05) is 12.9 Å². The first-order valence-corrected chi connectivity index (χ1v) is 7.20. The van der Waals surface area contributed by atoms with E-state index in [1.165, 1.54) is 0 Å². The summed E-state index contributed by atoms with van der Waals surface area (Å²) in [5.41, 5.74) is 0.264. The molecule has 0 bridgehead atoms. The Bertz CT molecular complexity index is 414. The SMILES string of the molecule is CN(C(=O)c1cc(Br)cc(Br)c1)C(C)(C)CCl. The molecule has 1 rings (SSSR count). The summed E-state index contributed by atoms with van der Waals surface area (Å²) in [7, 11) is 1.76. The lowest BCUT2D eigenvalue weighted by atomic mass is 10.0. The molecule has 5 heteroatoms. The zero-order valence-corrected chi connectivity index (χ0v) is 13.9. The first-order chi connectivity index (χ1) is 7.77. The van der Waals surface area contributed by atoms with Crippen LogP contribution in [0, 0.1) is 0 Å².